The molecule has 0 saturated heterocycles. The van der Waals surface area contributed by atoms with E-state index in [0.717, 1.165) is 16.9 Å². The van der Waals surface area contributed by atoms with Gasteiger partial charge in [0, 0.05) is 30.6 Å². The average molecular weight is 428 g/mol. The van der Waals surface area contributed by atoms with E-state index in [1.165, 1.54) is 29.2 Å². The molecule has 1 heterocycles. The molecule has 0 aliphatic carbocycles. The van der Waals surface area contributed by atoms with E-state index in [-0.39, 0.29) is 17.8 Å². The molecular formula is C24H20N4O4. The summed E-state index contributed by atoms with van der Waals surface area (Å²) in [6.45, 7) is 0.630. The van der Waals surface area contributed by atoms with Crippen LogP contribution in [0.2, 0.25) is 0 Å². The summed E-state index contributed by atoms with van der Waals surface area (Å²) in [5.74, 6) is 0.362. The Morgan fingerprint density at radius 1 is 1.03 bits per heavy atom. The van der Waals surface area contributed by atoms with Crippen molar-refractivity contribution in [3.8, 4) is 11.4 Å². The van der Waals surface area contributed by atoms with Gasteiger partial charge in [0.25, 0.3) is 11.6 Å². The molecule has 1 N–H and O–H groups in total. The van der Waals surface area contributed by atoms with Crippen LogP contribution in [0.4, 0.5) is 5.69 Å². The van der Waals surface area contributed by atoms with Gasteiger partial charge in [-0.2, -0.15) is 0 Å². The number of benzene rings is 3. The number of amides is 1. The Bertz CT molecular complexity index is 1220. The predicted octanol–water partition coefficient (Wildman–Crippen LogP) is 4.29. The van der Waals surface area contributed by atoms with E-state index < -0.39 is 10.8 Å². The number of rotatable bonds is 8. The number of nitrogens with zero attached hydrogens (tertiary/aromatic N) is 3. The number of nitro groups is 1. The van der Waals surface area contributed by atoms with Gasteiger partial charge in [0.2, 0.25) is 0 Å². The van der Waals surface area contributed by atoms with Gasteiger partial charge in [0.05, 0.1) is 11.3 Å². The fraction of sp³-hybridized carbons (Fsp3) is 0.0833. The zero-order chi connectivity index (χ0) is 22.3. The van der Waals surface area contributed by atoms with E-state index in [4.69, 9.17) is 4.74 Å². The standard InChI is InChI=1S/C24H20N4O4/c29-24(18-10-11-22(23(14-18)28(30)31)27-13-12-25-17-27)26-15-19-6-4-5-7-20(19)16-32-21-8-2-1-3-9-21/h1-14,17H,15-16H2,(H,26,29). The number of nitrogens with one attached hydrogen (secondary N) is 1. The highest BCUT2D eigenvalue weighted by molar-refractivity contribution is 5.95. The van der Waals surface area contributed by atoms with E-state index in [2.05, 4.69) is 10.3 Å². The maximum absolute atomic E-state index is 12.7. The van der Waals surface area contributed by atoms with Crippen molar-refractivity contribution in [1.29, 1.82) is 0 Å². The van der Waals surface area contributed by atoms with Crippen molar-refractivity contribution in [2.75, 3.05) is 0 Å². The first-order valence-electron chi connectivity index (χ1n) is 9.91. The number of ether oxygens (including phenoxy) is 1. The minimum absolute atomic E-state index is 0.174. The lowest BCUT2D eigenvalue weighted by atomic mass is 10.1. The molecule has 1 aromatic heterocycles. The highest BCUT2D eigenvalue weighted by Crippen LogP contribution is 2.24. The van der Waals surface area contributed by atoms with E-state index in [0.29, 0.717) is 12.3 Å². The third kappa shape index (κ3) is 4.81. The highest BCUT2D eigenvalue weighted by Gasteiger charge is 2.19. The largest absolute Gasteiger partial charge is 0.489 e. The minimum atomic E-state index is -0.512. The summed E-state index contributed by atoms with van der Waals surface area (Å²) in [6, 6.07) is 21.5. The Morgan fingerprint density at radius 2 is 1.78 bits per heavy atom. The van der Waals surface area contributed by atoms with Gasteiger partial charge in [0.15, 0.2) is 0 Å². The first kappa shape index (κ1) is 20.8. The van der Waals surface area contributed by atoms with Gasteiger partial charge in [-0.1, -0.05) is 42.5 Å². The van der Waals surface area contributed by atoms with E-state index in [1.807, 2.05) is 54.6 Å². The van der Waals surface area contributed by atoms with Crippen LogP contribution in [-0.4, -0.2) is 20.4 Å². The first-order chi connectivity index (χ1) is 15.6. The third-order valence-electron chi connectivity index (χ3n) is 4.91. The summed E-state index contributed by atoms with van der Waals surface area (Å²) in [4.78, 5) is 27.6. The summed E-state index contributed by atoms with van der Waals surface area (Å²) in [5.41, 5.74) is 2.22. The fourth-order valence-electron chi connectivity index (χ4n) is 3.26. The van der Waals surface area contributed by atoms with Gasteiger partial charge in [-0.15, -0.1) is 0 Å². The van der Waals surface area contributed by atoms with Gasteiger partial charge >= 0.3 is 0 Å². The molecule has 3 aromatic carbocycles. The topological polar surface area (TPSA) is 99.3 Å². The van der Waals surface area contributed by atoms with E-state index >= 15 is 0 Å². The van der Waals surface area contributed by atoms with Gasteiger partial charge < -0.3 is 14.6 Å². The molecule has 0 spiro atoms. The molecule has 0 aliphatic heterocycles. The molecule has 0 saturated carbocycles. The molecule has 4 rings (SSSR count). The molecule has 0 fully saturated rings. The van der Waals surface area contributed by atoms with Gasteiger partial charge in [-0.05, 0) is 35.4 Å². The van der Waals surface area contributed by atoms with Gasteiger partial charge in [-0.3, -0.25) is 14.9 Å². The molecule has 4 aromatic rings. The van der Waals surface area contributed by atoms with Crippen LogP contribution < -0.4 is 10.1 Å². The van der Waals surface area contributed by atoms with Crippen LogP contribution in [-0.2, 0) is 13.2 Å². The Kier molecular flexibility index (Phi) is 6.22. The van der Waals surface area contributed by atoms with E-state index in [1.54, 1.807) is 12.3 Å². The molecule has 32 heavy (non-hydrogen) atoms. The van der Waals surface area contributed by atoms with Crippen molar-refractivity contribution >= 4 is 11.6 Å². The number of para-hydroxylation sites is 1. The molecule has 160 valence electrons. The molecule has 8 heteroatoms. The SMILES string of the molecule is O=C(NCc1ccccc1COc1ccccc1)c1ccc(-n2ccnc2)c([N+](=O)[O-])c1. The lowest BCUT2D eigenvalue weighted by molar-refractivity contribution is -0.384. The van der Waals surface area contributed by atoms with Crippen LogP contribution in [0.3, 0.4) is 0 Å². The van der Waals surface area contributed by atoms with Crippen LogP contribution in [0.5, 0.6) is 5.75 Å². The van der Waals surface area contributed by atoms with Crippen molar-refractivity contribution in [3.63, 3.8) is 0 Å². The quantitative estimate of drug-likeness (QED) is 0.333. The fourth-order valence-corrected chi connectivity index (χ4v) is 3.26. The van der Waals surface area contributed by atoms with Crippen molar-refractivity contribution in [1.82, 2.24) is 14.9 Å². The predicted molar refractivity (Wildman–Crippen MR) is 119 cm³/mol. The molecule has 1 amide bonds. The van der Waals surface area contributed by atoms with Crippen LogP contribution in [0.15, 0.2) is 91.5 Å². The number of imidazole rings is 1. The minimum Gasteiger partial charge on any atom is -0.489 e. The lowest BCUT2D eigenvalue weighted by Crippen LogP contribution is -2.23. The van der Waals surface area contributed by atoms with Crippen LogP contribution in [0.1, 0.15) is 21.5 Å². The smallest absolute Gasteiger partial charge is 0.294 e. The number of carbonyl (C=O) groups excluding carboxylic acids is 1. The van der Waals surface area contributed by atoms with Crippen molar-refractivity contribution in [2.45, 2.75) is 13.2 Å². The molecule has 0 unspecified atom stereocenters. The average Bonchev–Trinajstić information content (AvgIpc) is 3.37. The zero-order valence-electron chi connectivity index (χ0n) is 17.0. The monoisotopic (exact) mass is 428 g/mol. The van der Waals surface area contributed by atoms with Crippen LogP contribution >= 0.6 is 0 Å². The Hall–Kier alpha value is -4.46. The van der Waals surface area contributed by atoms with E-state index in [9.17, 15) is 14.9 Å². The number of carbonyl (C=O) groups is 1. The zero-order valence-corrected chi connectivity index (χ0v) is 17.0. The molecule has 0 aliphatic rings. The Morgan fingerprint density at radius 3 is 2.50 bits per heavy atom. The number of hydrogen-bond donors (Lipinski definition) is 1. The van der Waals surface area contributed by atoms with Crippen LogP contribution in [0, 0.1) is 10.1 Å². The highest BCUT2D eigenvalue weighted by atomic mass is 16.6. The number of aromatic nitrogens is 2. The Labute approximate surface area is 184 Å². The van der Waals surface area contributed by atoms with Crippen molar-refractivity contribution < 1.29 is 14.5 Å². The molecular weight excluding hydrogens is 408 g/mol. The molecule has 0 atom stereocenters. The second kappa shape index (κ2) is 9.57. The number of hydrogen-bond acceptors (Lipinski definition) is 5. The van der Waals surface area contributed by atoms with Crippen LogP contribution in [0.25, 0.3) is 5.69 Å². The summed E-state index contributed by atoms with van der Waals surface area (Å²) in [6.07, 6.45) is 4.61. The second-order valence-electron chi connectivity index (χ2n) is 6.98. The summed E-state index contributed by atoms with van der Waals surface area (Å²) in [7, 11) is 0. The molecule has 0 radical (unpaired) electrons. The summed E-state index contributed by atoms with van der Waals surface area (Å²) < 4.78 is 7.35. The number of nitro benzene ring substituents is 1. The normalized spacial score (nSPS) is 10.5. The Balaban J connectivity index is 1.46. The molecule has 8 nitrogen and oxygen atoms in total. The van der Waals surface area contributed by atoms with Gasteiger partial charge in [0.1, 0.15) is 18.0 Å². The maximum atomic E-state index is 12.7. The van der Waals surface area contributed by atoms with Gasteiger partial charge in [-0.25, -0.2) is 4.98 Å². The van der Waals surface area contributed by atoms with Crippen molar-refractivity contribution in [3.05, 3.63) is 118 Å². The third-order valence-corrected chi connectivity index (χ3v) is 4.91. The molecule has 0 bridgehead atoms. The first-order valence-corrected chi connectivity index (χ1v) is 9.91. The summed E-state index contributed by atoms with van der Waals surface area (Å²) in [5, 5.41) is 14.4. The second-order valence-corrected chi connectivity index (χ2v) is 6.98. The summed E-state index contributed by atoms with van der Waals surface area (Å²) >= 11 is 0. The maximum Gasteiger partial charge on any atom is 0.294 e. The lowest BCUT2D eigenvalue weighted by Gasteiger charge is -2.12. The van der Waals surface area contributed by atoms with Crippen molar-refractivity contribution in [2.24, 2.45) is 0 Å².